The van der Waals surface area contributed by atoms with Crippen molar-refractivity contribution in [1.29, 1.82) is 0 Å². The van der Waals surface area contributed by atoms with E-state index in [9.17, 15) is 8.42 Å². The molecular formula is C15H24N2O2S. The Kier molecular flexibility index (Phi) is 4.52. The summed E-state index contributed by atoms with van der Waals surface area (Å²) in [6.45, 7) is 8.02. The van der Waals surface area contributed by atoms with Crippen LogP contribution in [-0.4, -0.2) is 27.5 Å². The molecule has 1 fully saturated rings. The van der Waals surface area contributed by atoms with E-state index in [2.05, 4.69) is 30.8 Å². The highest BCUT2D eigenvalue weighted by Gasteiger charge is 2.22. The van der Waals surface area contributed by atoms with Crippen molar-refractivity contribution in [3.8, 4) is 0 Å². The van der Waals surface area contributed by atoms with Gasteiger partial charge in [0.1, 0.15) is 0 Å². The maximum absolute atomic E-state index is 12.3. The van der Waals surface area contributed by atoms with Crippen molar-refractivity contribution in [1.82, 2.24) is 10.0 Å². The molecule has 1 atom stereocenters. The van der Waals surface area contributed by atoms with Gasteiger partial charge >= 0.3 is 0 Å². The van der Waals surface area contributed by atoms with Gasteiger partial charge in [0.05, 0.1) is 4.90 Å². The van der Waals surface area contributed by atoms with E-state index >= 15 is 0 Å². The summed E-state index contributed by atoms with van der Waals surface area (Å²) in [6, 6.07) is 7.18. The quantitative estimate of drug-likeness (QED) is 0.897. The molecule has 0 radical (unpaired) electrons. The van der Waals surface area contributed by atoms with Gasteiger partial charge in [0.2, 0.25) is 10.0 Å². The summed E-state index contributed by atoms with van der Waals surface area (Å²) in [5, 5.41) is 3.21. The van der Waals surface area contributed by atoms with Gasteiger partial charge in [0.25, 0.3) is 0 Å². The number of piperidine rings is 1. The molecule has 0 bridgehead atoms. The van der Waals surface area contributed by atoms with Crippen molar-refractivity contribution in [3.63, 3.8) is 0 Å². The van der Waals surface area contributed by atoms with Crippen LogP contribution in [0.5, 0.6) is 0 Å². The van der Waals surface area contributed by atoms with Crippen LogP contribution in [0.25, 0.3) is 0 Å². The number of nitrogens with one attached hydrogen (secondary N) is 2. The first-order valence-electron chi connectivity index (χ1n) is 7.13. The van der Waals surface area contributed by atoms with Crippen LogP contribution in [0.15, 0.2) is 29.2 Å². The Labute approximate surface area is 122 Å². The van der Waals surface area contributed by atoms with E-state index < -0.39 is 10.0 Å². The standard InChI is InChI=1S/C15H24N2O2S/c1-15(2,3)12-6-8-14(9-7-12)20(18,19)17-13-5-4-10-16-11-13/h6-9,13,16-17H,4-5,10-11H2,1-3H3/t13-/m1/s1. The topological polar surface area (TPSA) is 58.2 Å². The summed E-state index contributed by atoms with van der Waals surface area (Å²) in [5.41, 5.74) is 1.17. The Hall–Kier alpha value is -0.910. The van der Waals surface area contributed by atoms with E-state index in [1.807, 2.05) is 12.1 Å². The number of benzene rings is 1. The van der Waals surface area contributed by atoms with Gasteiger partial charge < -0.3 is 5.32 Å². The fraction of sp³-hybridized carbons (Fsp3) is 0.600. The third-order valence-corrected chi connectivity index (χ3v) is 5.19. The Morgan fingerprint density at radius 2 is 1.85 bits per heavy atom. The Morgan fingerprint density at radius 3 is 2.35 bits per heavy atom. The minimum absolute atomic E-state index is 0.00366. The summed E-state index contributed by atoms with van der Waals surface area (Å²) in [5.74, 6) is 0. The number of rotatable bonds is 3. The minimum atomic E-state index is -3.41. The predicted molar refractivity (Wildman–Crippen MR) is 81.4 cm³/mol. The van der Waals surface area contributed by atoms with Crippen molar-refractivity contribution >= 4 is 10.0 Å². The zero-order valence-corrected chi connectivity index (χ0v) is 13.3. The molecule has 1 heterocycles. The lowest BCUT2D eigenvalue weighted by Crippen LogP contribution is -2.45. The maximum Gasteiger partial charge on any atom is 0.240 e. The number of hydrogen-bond donors (Lipinski definition) is 2. The molecule has 1 aromatic rings. The summed E-state index contributed by atoms with van der Waals surface area (Å²) in [6.07, 6.45) is 1.91. The molecule has 4 nitrogen and oxygen atoms in total. The van der Waals surface area contributed by atoms with Gasteiger partial charge in [-0.25, -0.2) is 13.1 Å². The second kappa shape index (κ2) is 5.84. The van der Waals surface area contributed by atoms with Crippen LogP contribution in [0.2, 0.25) is 0 Å². The summed E-state index contributed by atoms with van der Waals surface area (Å²) in [4.78, 5) is 0.344. The molecule has 1 aliphatic rings. The average Bonchev–Trinajstić information content (AvgIpc) is 2.38. The molecule has 2 N–H and O–H groups in total. The lowest BCUT2D eigenvalue weighted by atomic mass is 9.87. The van der Waals surface area contributed by atoms with Gasteiger partial charge in [-0.05, 0) is 42.5 Å². The zero-order valence-electron chi connectivity index (χ0n) is 12.4. The van der Waals surface area contributed by atoms with E-state index in [1.54, 1.807) is 12.1 Å². The van der Waals surface area contributed by atoms with Gasteiger partial charge in [0, 0.05) is 12.6 Å². The second-order valence-corrected chi connectivity index (χ2v) is 8.15. The van der Waals surface area contributed by atoms with E-state index in [0.29, 0.717) is 11.4 Å². The van der Waals surface area contributed by atoms with E-state index in [4.69, 9.17) is 0 Å². The van der Waals surface area contributed by atoms with Crippen molar-refractivity contribution in [2.75, 3.05) is 13.1 Å². The van der Waals surface area contributed by atoms with E-state index in [-0.39, 0.29) is 11.5 Å². The van der Waals surface area contributed by atoms with E-state index in [1.165, 1.54) is 0 Å². The molecule has 2 rings (SSSR count). The zero-order chi connectivity index (χ0) is 14.8. The molecule has 0 saturated carbocycles. The molecule has 112 valence electrons. The van der Waals surface area contributed by atoms with Crippen molar-refractivity contribution in [2.45, 2.75) is 50.0 Å². The van der Waals surface area contributed by atoms with Gasteiger partial charge in [-0.1, -0.05) is 32.9 Å². The third kappa shape index (κ3) is 3.81. The molecule has 5 heteroatoms. The van der Waals surface area contributed by atoms with E-state index in [0.717, 1.165) is 24.9 Å². The fourth-order valence-corrected chi connectivity index (χ4v) is 3.64. The Balaban J connectivity index is 2.13. The largest absolute Gasteiger partial charge is 0.315 e. The normalized spacial score (nSPS) is 20.9. The lowest BCUT2D eigenvalue weighted by molar-refractivity contribution is 0.428. The van der Waals surface area contributed by atoms with Gasteiger partial charge in [0.15, 0.2) is 0 Å². The van der Waals surface area contributed by atoms with Crippen LogP contribution in [0, 0.1) is 0 Å². The van der Waals surface area contributed by atoms with Gasteiger partial charge in [-0.2, -0.15) is 0 Å². The highest BCUT2D eigenvalue weighted by molar-refractivity contribution is 7.89. The third-order valence-electron chi connectivity index (χ3n) is 3.65. The molecule has 0 aliphatic carbocycles. The van der Waals surface area contributed by atoms with Crippen LogP contribution in [0.1, 0.15) is 39.2 Å². The molecule has 0 aromatic heterocycles. The predicted octanol–water partition coefficient (Wildman–Crippen LogP) is 2.01. The fourth-order valence-electron chi connectivity index (χ4n) is 2.37. The summed E-state index contributed by atoms with van der Waals surface area (Å²) >= 11 is 0. The molecular weight excluding hydrogens is 272 g/mol. The Morgan fingerprint density at radius 1 is 1.20 bits per heavy atom. The molecule has 20 heavy (non-hydrogen) atoms. The van der Waals surface area contributed by atoms with Crippen molar-refractivity contribution in [3.05, 3.63) is 29.8 Å². The maximum atomic E-state index is 12.3. The minimum Gasteiger partial charge on any atom is -0.315 e. The summed E-state index contributed by atoms with van der Waals surface area (Å²) < 4.78 is 27.4. The monoisotopic (exact) mass is 296 g/mol. The first-order chi connectivity index (χ1) is 9.29. The highest BCUT2D eigenvalue weighted by Crippen LogP contribution is 2.23. The summed E-state index contributed by atoms with van der Waals surface area (Å²) in [7, 11) is -3.41. The Bertz CT molecular complexity index is 538. The molecule has 1 aromatic carbocycles. The van der Waals surface area contributed by atoms with Gasteiger partial charge in [-0.15, -0.1) is 0 Å². The first-order valence-corrected chi connectivity index (χ1v) is 8.61. The SMILES string of the molecule is CC(C)(C)c1ccc(S(=O)(=O)N[C@@H]2CCCNC2)cc1. The van der Waals surface area contributed by atoms with Crippen LogP contribution < -0.4 is 10.0 Å². The second-order valence-electron chi connectivity index (χ2n) is 6.44. The first kappa shape index (κ1) is 15.5. The smallest absolute Gasteiger partial charge is 0.240 e. The molecule has 1 saturated heterocycles. The highest BCUT2D eigenvalue weighted by atomic mass is 32.2. The number of sulfonamides is 1. The van der Waals surface area contributed by atoms with Crippen LogP contribution in [0.4, 0.5) is 0 Å². The molecule has 0 spiro atoms. The average molecular weight is 296 g/mol. The molecule has 0 unspecified atom stereocenters. The number of hydrogen-bond acceptors (Lipinski definition) is 3. The lowest BCUT2D eigenvalue weighted by Gasteiger charge is -2.24. The van der Waals surface area contributed by atoms with Crippen LogP contribution >= 0.6 is 0 Å². The van der Waals surface area contributed by atoms with Crippen LogP contribution in [-0.2, 0) is 15.4 Å². The molecule has 1 aliphatic heterocycles. The van der Waals surface area contributed by atoms with Crippen molar-refractivity contribution < 1.29 is 8.42 Å². The molecule has 0 amide bonds. The van der Waals surface area contributed by atoms with Crippen molar-refractivity contribution in [2.24, 2.45) is 0 Å². The van der Waals surface area contributed by atoms with Gasteiger partial charge in [-0.3, -0.25) is 0 Å². The van der Waals surface area contributed by atoms with Crippen LogP contribution in [0.3, 0.4) is 0 Å².